The molecule has 1 aromatic heterocycles. The molecule has 0 atom stereocenters. The molecule has 0 bridgehead atoms. The molecule has 6 heteroatoms. The molecule has 0 aliphatic carbocycles. The van der Waals surface area contributed by atoms with Crippen LogP contribution in [0.25, 0.3) is 0 Å². The Morgan fingerprint density at radius 3 is 2.58 bits per heavy atom. The van der Waals surface area contributed by atoms with E-state index in [0.29, 0.717) is 10.8 Å². The Hall–Kier alpha value is -1.78. The fourth-order valence-electron chi connectivity index (χ4n) is 1.43. The topological polar surface area (TPSA) is 65.2 Å². The van der Waals surface area contributed by atoms with Gasteiger partial charge in [0.1, 0.15) is 10.8 Å². The van der Waals surface area contributed by atoms with Crippen LogP contribution in [-0.4, -0.2) is 10.9 Å². The van der Waals surface area contributed by atoms with Crippen LogP contribution in [-0.2, 0) is 0 Å². The number of halogens is 2. The van der Waals surface area contributed by atoms with Crippen LogP contribution in [0.4, 0.5) is 0 Å². The van der Waals surface area contributed by atoms with Crippen LogP contribution in [0.15, 0.2) is 30.5 Å². The van der Waals surface area contributed by atoms with E-state index in [1.165, 1.54) is 12.3 Å². The van der Waals surface area contributed by atoms with E-state index < -0.39 is 5.91 Å². The number of hydrogen-bond acceptors (Lipinski definition) is 3. The average molecular weight is 297 g/mol. The number of aromatic nitrogens is 1. The van der Waals surface area contributed by atoms with Gasteiger partial charge in [-0.05, 0) is 30.7 Å². The second-order valence-electron chi connectivity index (χ2n) is 3.91. The highest BCUT2D eigenvalue weighted by atomic mass is 35.5. The van der Waals surface area contributed by atoms with Gasteiger partial charge in [-0.15, -0.1) is 0 Å². The van der Waals surface area contributed by atoms with E-state index in [2.05, 4.69) is 4.98 Å². The van der Waals surface area contributed by atoms with Gasteiger partial charge in [0.05, 0.1) is 10.6 Å². The number of ether oxygens (including phenoxy) is 1. The van der Waals surface area contributed by atoms with Crippen molar-refractivity contribution in [2.45, 2.75) is 6.92 Å². The number of aryl methyl sites for hydroxylation is 1. The van der Waals surface area contributed by atoms with Gasteiger partial charge in [0.25, 0.3) is 0 Å². The molecule has 1 aromatic carbocycles. The lowest BCUT2D eigenvalue weighted by molar-refractivity contribution is 0.1000. The van der Waals surface area contributed by atoms with E-state index in [1.807, 2.05) is 13.0 Å². The van der Waals surface area contributed by atoms with Gasteiger partial charge in [-0.25, -0.2) is 4.98 Å². The zero-order valence-corrected chi connectivity index (χ0v) is 11.5. The Labute approximate surface area is 120 Å². The molecule has 98 valence electrons. The lowest BCUT2D eigenvalue weighted by Gasteiger charge is -2.09. The molecule has 2 rings (SSSR count). The SMILES string of the molecule is Cc1ccc(Oc2ncc(C(N)=O)cc2Cl)c(Cl)c1. The molecular formula is C13H10Cl2N2O2. The zero-order chi connectivity index (χ0) is 14.0. The van der Waals surface area contributed by atoms with Crippen molar-refractivity contribution in [3.8, 4) is 11.6 Å². The van der Waals surface area contributed by atoms with E-state index in [4.69, 9.17) is 33.7 Å². The van der Waals surface area contributed by atoms with Crippen LogP contribution in [0, 0.1) is 6.92 Å². The Kier molecular flexibility index (Phi) is 3.93. The molecule has 0 spiro atoms. The molecule has 0 aliphatic heterocycles. The van der Waals surface area contributed by atoms with Gasteiger partial charge in [-0.1, -0.05) is 29.3 Å². The summed E-state index contributed by atoms with van der Waals surface area (Å²) in [5, 5.41) is 0.643. The summed E-state index contributed by atoms with van der Waals surface area (Å²) < 4.78 is 5.50. The Morgan fingerprint density at radius 1 is 1.26 bits per heavy atom. The number of carbonyl (C=O) groups is 1. The molecule has 0 saturated carbocycles. The van der Waals surface area contributed by atoms with E-state index in [9.17, 15) is 4.79 Å². The summed E-state index contributed by atoms with van der Waals surface area (Å²) in [5.41, 5.74) is 6.36. The third-order valence-corrected chi connectivity index (χ3v) is 2.95. The Bertz CT molecular complexity index is 645. The predicted molar refractivity (Wildman–Crippen MR) is 74.0 cm³/mol. The minimum Gasteiger partial charge on any atom is -0.436 e. The van der Waals surface area contributed by atoms with Crippen molar-refractivity contribution in [1.82, 2.24) is 4.98 Å². The van der Waals surface area contributed by atoms with Crippen molar-refractivity contribution in [2.75, 3.05) is 0 Å². The summed E-state index contributed by atoms with van der Waals surface area (Å²) in [6.45, 7) is 1.92. The number of carbonyl (C=O) groups excluding carboxylic acids is 1. The summed E-state index contributed by atoms with van der Waals surface area (Å²) in [7, 11) is 0. The van der Waals surface area contributed by atoms with E-state index >= 15 is 0 Å². The summed E-state index contributed by atoms with van der Waals surface area (Å²) in [5.74, 6) is 0.000213. The summed E-state index contributed by atoms with van der Waals surface area (Å²) in [6.07, 6.45) is 1.30. The van der Waals surface area contributed by atoms with Gasteiger partial charge in [-0.3, -0.25) is 4.79 Å². The van der Waals surface area contributed by atoms with E-state index in [1.54, 1.807) is 12.1 Å². The number of nitrogens with two attached hydrogens (primary N) is 1. The monoisotopic (exact) mass is 296 g/mol. The third kappa shape index (κ3) is 3.16. The molecule has 19 heavy (non-hydrogen) atoms. The summed E-state index contributed by atoms with van der Waals surface area (Å²) in [6, 6.07) is 6.74. The van der Waals surface area contributed by atoms with Gasteiger partial charge >= 0.3 is 0 Å². The highest BCUT2D eigenvalue weighted by Gasteiger charge is 2.11. The summed E-state index contributed by atoms with van der Waals surface area (Å²) in [4.78, 5) is 14.9. The lowest BCUT2D eigenvalue weighted by atomic mass is 10.2. The van der Waals surface area contributed by atoms with Gasteiger partial charge in [0.2, 0.25) is 11.8 Å². The highest BCUT2D eigenvalue weighted by Crippen LogP contribution is 2.32. The van der Waals surface area contributed by atoms with Crippen molar-refractivity contribution in [3.63, 3.8) is 0 Å². The number of pyridine rings is 1. The van der Waals surface area contributed by atoms with Gasteiger partial charge in [0.15, 0.2) is 0 Å². The Balaban J connectivity index is 2.31. The zero-order valence-electron chi connectivity index (χ0n) is 9.98. The fraction of sp³-hybridized carbons (Fsp3) is 0.0769. The number of amides is 1. The Morgan fingerprint density at radius 2 is 2.00 bits per heavy atom. The molecule has 0 saturated heterocycles. The van der Waals surface area contributed by atoms with Crippen LogP contribution in [0.3, 0.4) is 0 Å². The maximum atomic E-state index is 11.0. The second kappa shape index (κ2) is 5.47. The molecule has 0 unspecified atom stereocenters. The number of rotatable bonds is 3. The van der Waals surface area contributed by atoms with E-state index in [-0.39, 0.29) is 16.5 Å². The van der Waals surface area contributed by atoms with Gasteiger partial charge in [-0.2, -0.15) is 0 Å². The molecule has 0 radical (unpaired) electrons. The number of benzene rings is 1. The number of primary amides is 1. The van der Waals surface area contributed by atoms with Crippen LogP contribution in [0.1, 0.15) is 15.9 Å². The first kappa shape index (κ1) is 13.6. The molecule has 4 nitrogen and oxygen atoms in total. The second-order valence-corrected chi connectivity index (χ2v) is 4.73. The largest absolute Gasteiger partial charge is 0.436 e. The minimum atomic E-state index is -0.602. The van der Waals surface area contributed by atoms with Crippen molar-refractivity contribution in [3.05, 3.63) is 51.6 Å². The van der Waals surface area contributed by atoms with Crippen LogP contribution in [0.5, 0.6) is 11.6 Å². The van der Waals surface area contributed by atoms with Gasteiger partial charge < -0.3 is 10.5 Å². The maximum absolute atomic E-state index is 11.0. The molecule has 2 aromatic rings. The third-order valence-electron chi connectivity index (χ3n) is 2.39. The molecule has 1 heterocycles. The normalized spacial score (nSPS) is 10.3. The molecule has 0 fully saturated rings. The highest BCUT2D eigenvalue weighted by molar-refractivity contribution is 6.33. The minimum absolute atomic E-state index is 0.164. The van der Waals surface area contributed by atoms with Crippen LogP contribution >= 0.6 is 23.2 Å². The maximum Gasteiger partial charge on any atom is 0.250 e. The fourth-order valence-corrected chi connectivity index (χ4v) is 1.91. The van der Waals surface area contributed by atoms with Crippen LogP contribution < -0.4 is 10.5 Å². The first-order chi connectivity index (χ1) is 8.97. The molecular weight excluding hydrogens is 287 g/mol. The quantitative estimate of drug-likeness (QED) is 0.941. The molecule has 1 amide bonds. The van der Waals surface area contributed by atoms with Crippen molar-refractivity contribution in [1.29, 1.82) is 0 Å². The number of hydrogen-bond donors (Lipinski definition) is 1. The molecule has 2 N–H and O–H groups in total. The smallest absolute Gasteiger partial charge is 0.250 e. The lowest BCUT2D eigenvalue weighted by Crippen LogP contribution is -2.11. The van der Waals surface area contributed by atoms with E-state index in [0.717, 1.165) is 5.56 Å². The van der Waals surface area contributed by atoms with Crippen molar-refractivity contribution in [2.24, 2.45) is 5.73 Å². The van der Waals surface area contributed by atoms with Crippen molar-refractivity contribution < 1.29 is 9.53 Å². The standard InChI is InChI=1S/C13H10Cl2N2O2/c1-7-2-3-11(9(14)4-7)19-13-10(15)5-8(6-17-13)12(16)18/h2-6H,1H3,(H2,16,18). The predicted octanol–water partition coefficient (Wildman–Crippen LogP) is 3.59. The molecule has 0 aliphatic rings. The summed E-state index contributed by atoms with van der Waals surface area (Å²) >= 11 is 12.0. The van der Waals surface area contributed by atoms with Crippen molar-refractivity contribution >= 4 is 29.1 Å². The van der Waals surface area contributed by atoms with Crippen LogP contribution in [0.2, 0.25) is 10.0 Å². The average Bonchev–Trinajstić information content (AvgIpc) is 2.34. The van der Waals surface area contributed by atoms with Gasteiger partial charge in [0, 0.05) is 6.20 Å². The number of nitrogens with zero attached hydrogens (tertiary/aromatic N) is 1. The first-order valence-corrected chi connectivity index (χ1v) is 6.12. The first-order valence-electron chi connectivity index (χ1n) is 5.36.